The molecule has 1 unspecified atom stereocenters. The second-order valence-electron chi connectivity index (χ2n) is 5.16. The molecule has 2 N–H and O–H groups in total. The second kappa shape index (κ2) is 4.69. The van der Waals surface area contributed by atoms with E-state index in [4.69, 9.17) is 0 Å². The molecule has 4 heteroatoms. The SMILES string of the molecule is O=C1Nc2ccc(F)cc2C1NC1CCCCC1. The Balaban J connectivity index is 1.80. The van der Waals surface area contributed by atoms with Gasteiger partial charge in [-0.05, 0) is 31.0 Å². The standard InChI is InChI=1S/C14H17FN2O/c15-9-6-7-12-11(8-9)13(14(18)17-12)16-10-4-2-1-3-5-10/h6-8,10,13,16H,1-5H2,(H,17,18). The van der Waals surface area contributed by atoms with Crippen molar-refractivity contribution in [3.8, 4) is 0 Å². The fourth-order valence-electron chi connectivity index (χ4n) is 2.90. The number of amides is 1. The van der Waals surface area contributed by atoms with E-state index in [9.17, 15) is 9.18 Å². The number of carbonyl (C=O) groups is 1. The summed E-state index contributed by atoms with van der Waals surface area (Å²) >= 11 is 0. The molecule has 0 saturated heterocycles. The van der Waals surface area contributed by atoms with Gasteiger partial charge in [-0.1, -0.05) is 19.3 Å². The lowest BCUT2D eigenvalue weighted by Gasteiger charge is -2.25. The van der Waals surface area contributed by atoms with E-state index in [1.807, 2.05) is 0 Å². The molecular weight excluding hydrogens is 231 g/mol. The topological polar surface area (TPSA) is 41.1 Å². The van der Waals surface area contributed by atoms with Crippen LogP contribution in [0.15, 0.2) is 18.2 Å². The summed E-state index contributed by atoms with van der Waals surface area (Å²) in [6, 6.07) is 4.45. The highest BCUT2D eigenvalue weighted by Gasteiger charge is 2.32. The quantitative estimate of drug-likeness (QED) is 0.845. The molecule has 1 aliphatic carbocycles. The van der Waals surface area contributed by atoms with E-state index in [-0.39, 0.29) is 11.7 Å². The third-order valence-electron chi connectivity index (χ3n) is 3.85. The van der Waals surface area contributed by atoms with Crippen LogP contribution in [0.3, 0.4) is 0 Å². The number of halogens is 1. The molecule has 1 atom stereocenters. The van der Waals surface area contributed by atoms with Gasteiger partial charge in [0.25, 0.3) is 0 Å². The zero-order valence-electron chi connectivity index (χ0n) is 10.2. The maximum absolute atomic E-state index is 13.3. The van der Waals surface area contributed by atoms with Gasteiger partial charge in [0.1, 0.15) is 11.9 Å². The molecule has 0 spiro atoms. The summed E-state index contributed by atoms with van der Waals surface area (Å²) in [5.41, 5.74) is 1.47. The van der Waals surface area contributed by atoms with Crippen LogP contribution in [0.5, 0.6) is 0 Å². The Bertz CT molecular complexity index is 469. The van der Waals surface area contributed by atoms with Gasteiger partial charge in [-0.3, -0.25) is 10.1 Å². The van der Waals surface area contributed by atoms with E-state index in [0.717, 1.165) is 24.1 Å². The number of rotatable bonds is 2. The van der Waals surface area contributed by atoms with Crippen LogP contribution in [0.1, 0.15) is 43.7 Å². The predicted molar refractivity (Wildman–Crippen MR) is 67.8 cm³/mol. The molecule has 1 fully saturated rings. The molecule has 0 bridgehead atoms. The number of nitrogens with one attached hydrogen (secondary N) is 2. The van der Waals surface area contributed by atoms with E-state index in [1.54, 1.807) is 6.07 Å². The highest BCUT2D eigenvalue weighted by molar-refractivity contribution is 6.02. The van der Waals surface area contributed by atoms with Gasteiger partial charge in [0.15, 0.2) is 0 Å². The average Bonchev–Trinajstić information content (AvgIpc) is 2.67. The molecule has 3 rings (SSSR count). The number of hydrogen-bond acceptors (Lipinski definition) is 2. The molecule has 0 aromatic heterocycles. The van der Waals surface area contributed by atoms with Crippen molar-refractivity contribution in [2.24, 2.45) is 0 Å². The Morgan fingerprint density at radius 2 is 2.00 bits per heavy atom. The lowest BCUT2D eigenvalue weighted by Crippen LogP contribution is -2.37. The first kappa shape index (κ1) is 11.7. The minimum atomic E-state index is -0.390. The number of carbonyl (C=O) groups excluding carboxylic acids is 1. The van der Waals surface area contributed by atoms with E-state index >= 15 is 0 Å². The summed E-state index contributed by atoms with van der Waals surface area (Å²) in [6.45, 7) is 0. The van der Waals surface area contributed by atoms with E-state index in [2.05, 4.69) is 10.6 Å². The lowest BCUT2D eigenvalue weighted by atomic mass is 9.94. The van der Waals surface area contributed by atoms with E-state index in [1.165, 1.54) is 31.4 Å². The van der Waals surface area contributed by atoms with Crippen LogP contribution in [0.2, 0.25) is 0 Å². The normalized spacial score (nSPS) is 23.8. The minimum Gasteiger partial charge on any atom is -0.324 e. The van der Waals surface area contributed by atoms with Crippen LogP contribution in [-0.4, -0.2) is 11.9 Å². The Labute approximate surface area is 106 Å². The first-order valence-corrected chi connectivity index (χ1v) is 6.60. The summed E-state index contributed by atoms with van der Waals surface area (Å²) in [7, 11) is 0. The van der Waals surface area contributed by atoms with Gasteiger partial charge >= 0.3 is 0 Å². The molecule has 3 nitrogen and oxygen atoms in total. The first-order valence-electron chi connectivity index (χ1n) is 6.60. The summed E-state index contributed by atoms with van der Waals surface area (Å²) in [6.07, 6.45) is 5.91. The molecule has 1 heterocycles. The average molecular weight is 248 g/mol. The van der Waals surface area contributed by atoms with Crippen molar-refractivity contribution in [1.29, 1.82) is 0 Å². The second-order valence-corrected chi connectivity index (χ2v) is 5.16. The van der Waals surface area contributed by atoms with Crippen molar-refractivity contribution in [2.75, 3.05) is 5.32 Å². The van der Waals surface area contributed by atoms with Crippen molar-refractivity contribution in [3.05, 3.63) is 29.6 Å². The van der Waals surface area contributed by atoms with Gasteiger partial charge < -0.3 is 5.32 Å². The maximum Gasteiger partial charge on any atom is 0.246 e. The maximum atomic E-state index is 13.3. The lowest BCUT2D eigenvalue weighted by molar-refractivity contribution is -0.117. The summed E-state index contributed by atoms with van der Waals surface area (Å²) in [5.74, 6) is -0.359. The summed E-state index contributed by atoms with van der Waals surface area (Å²) < 4.78 is 13.3. The number of fused-ring (bicyclic) bond motifs is 1. The number of benzene rings is 1. The minimum absolute atomic E-state index is 0.0684. The van der Waals surface area contributed by atoms with Crippen LogP contribution >= 0.6 is 0 Å². The number of anilines is 1. The van der Waals surface area contributed by atoms with Crippen molar-refractivity contribution in [1.82, 2.24) is 5.32 Å². The van der Waals surface area contributed by atoms with Crippen LogP contribution in [0, 0.1) is 5.82 Å². The molecule has 1 saturated carbocycles. The number of hydrogen-bond donors (Lipinski definition) is 2. The van der Waals surface area contributed by atoms with Crippen molar-refractivity contribution in [2.45, 2.75) is 44.2 Å². The van der Waals surface area contributed by atoms with E-state index in [0.29, 0.717) is 6.04 Å². The largest absolute Gasteiger partial charge is 0.324 e. The first-order chi connectivity index (χ1) is 8.74. The Hall–Kier alpha value is -1.42. The third kappa shape index (κ3) is 2.12. The molecule has 2 aliphatic rings. The van der Waals surface area contributed by atoms with E-state index < -0.39 is 6.04 Å². The summed E-state index contributed by atoms with van der Waals surface area (Å²) in [4.78, 5) is 11.9. The fraction of sp³-hybridized carbons (Fsp3) is 0.500. The molecule has 0 radical (unpaired) electrons. The zero-order valence-corrected chi connectivity index (χ0v) is 10.2. The Morgan fingerprint density at radius 3 is 2.78 bits per heavy atom. The van der Waals surface area contributed by atoms with Crippen molar-refractivity contribution < 1.29 is 9.18 Å². The molecule has 1 aliphatic heterocycles. The molecule has 96 valence electrons. The van der Waals surface area contributed by atoms with Crippen LogP contribution < -0.4 is 10.6 Å². The van der Waals surface area contributed by atoms with Gasteiger partial charge in [-0.2, -0.15) is 0 Å². The monoisotopic (exact) mass is 248 g/mol. The smallest absolute Gasteiger partial charge is 0.246 e. The van der Waals surface area contributed by atoms with Crippen molar-refractivity contribution >= 4 is 11.6 Å². The van der Waals surface area contributed by atoms with Crippen molar-refractivity contribution in [3.63, 3.8) is 0 Å². The van der Waals surface area contributed by atoms with Gasteiger partial charge in [0.2, 0.25) is 5.91 Å². The molecule has 18 heavy (non-hydrogen) atoms. The Morgan fingerprint density at radius 1 is 1.22 bits per heavy atom. The molecular formula is C14H17FN2O. The van der Waals surface area contributed by atoms with Crippen LogP contribution in [0.4, 0.5) is 10.1 Å². The van der Waals surface area contributed by atoms with Gasteiger partial charge in [0.05, 0.1) is 0 Å². The molecule has 1 amide bonds. The molecule has 1 aromatic carbocycles. The molecule has 1 aromatic rings. The van der Waals surface area contributed by atoms with Gasteiger partial charge in [-0.25, -0.2) is 4.39 Å². The van der Waals surface area contributed by atoms with Crippen LogP contribution in [-0.2, 0) is 4.79 Å². The van der Waals surface area contributed by atoms with Gasteiger partial charge in [0, 0.05) is 17.3 Å². The summed E-state index contributed by atoms with van der Waals surface area (Å²) in [5, 5.41) is 6.17. The van der Waals surface area contributed by atoms with Crippen LogP contribution in [0.25, 0.3) is 0 Å². The highest BCUT2D eigenvalue weighted by Crippen LogP contribution is 2.32. The highest BCUT2D eigenvalue weighted by atomic mass is 19.1. The third-order valence-corrected chi connectivity index (χ3v) is 3.85. The fourth-order valence-corrected chi connectivity index (χ4v) is 2.90. The predicted octanol–water partition coefficient (Wildman–Crippen LogP) is 2.74. The Kier molecular flexibility index (Phi) is 3.04. The zero-order chi connectivity index (χ0) is 12.5. The van der Waals surface area contributed by atoms with Gasteiger partial charge in [-0.15, -0.1) is 0 Å².